The molecule has 0 heterocycles. The fourth-order valence-corrected chi connectivity index (χ4v) is 1.89. The van der Waals surface area contributed by atoms with Crippen LogP contribution < -0.4 is 5.32 Å². The molecule has 16 heavy (non-hydrogen) atoms. The third-order valence-corrected chi connectivity index (χ3v) is 2.83. The molecule has 0 saturated heterocycles. The van der Waals surface area contributed by atoms with Crippen LogP contribution in [0.3, 0.4) is 0 Å². The number of hydrogen-bond donors (Lipinski definition) is 1. The van der Waals surface area contributed by atoms with Gasteiger partial charge in [-0.3, -0.25) is 0 Å². The lowest BCUT2D eigenvalue weighted by molar-refractivity contribution is -0.133. The van der Waals surface area contributed by atoms with Crippen molar-refractivity contribution in [2.24, 2.45) is 0 Å². The Bertz CT molecular complexity index is 334. The maximum absolute atomic E-state index is 11.9. The maximum atomic E-state index is 11.9. The first-order chi connectivity index (χ1) is 7.56. The molecule has 0 spiro atoms. The van der Waals surface area contributed by atoms with Crippen LogP contribution in [0, 0.1) is 0 Å². The van der Waals surface area contributed by atoms with Crippen LogP contribution in [0.4, 0.5) is 13.2 Å². The van der Waals surface area contributed by atoms with Gasteiger partial charge in [0.2, 0.25) is 0 Å². The first kappa shape index (κ1) is 11.5. The molecule has 1 aromatic carbocycles. The lowest BCUT2D eigenvalue weighted by atomic mass is 10.1. The molecule has 4 heteroatoms. The van der Waals surface area contributed by atoms with Crippen LogP contribution in [0.5, 0.6) is 0 Å². The molecule has 2 rings (SSSR count). The molecular formula is C12H14F3N. The van der Waals surface area contributed by atoms with Crippen LogP contribution in [0.1, 0.15) is 24.3 Å². The van der Waals surface area contributed by atoms with Gasteiger partial charge in [-0.25, -0.2) is 0 Å². The summed E-state index contributed by atoms with van der Waals surface area (Å²) in [6.07, 6.45) is -3.85. The van der Waals surface area contributed by atoms with E-state index in [-0.39, 0.29) is 12.6 Å². The molecule has 0 aromatic heterocycles. The molecule has 0 amide bonds. The predicted octanol–water partition coefficient (Wildman–Crippen LogP) is 3.08. The molecule has 0 bridgehead atoms. The molecule has 1 aliphatic rings. The Balaban J connectivity index is 1.72. The van der Waals surface area contributed by atoms with Crippen molar-refractivity contribution in [1.29, 1.82) is 0 Å². The highest BCUT2D eigenvalue weighted by Crippen LogP contribution is 2.40. The van der Waals surface area contributed by atoms with Crippen molar-refractivity contribution in [1.82, 2.24) is 5.32 Å². The fourth-order valence-electron chi connectivity index (χ4n) is 1.89. The molecule has 88 valence electrons. The Morgan fingerprint density at radius 3 is 2.50 bits per heavy atom. The van der Waals surface area contributed by atoms with Gasteiger partial charge in [-0.1, -0.05) is 30.3 Å². The molecule has 1 nitrogen and oxygen atoms in total. The van der Waals surface area contributed by atoms with E-state index >= 15 is 0 Å². The Kier molecular flexibility index (Phi) is 3.19. The molecule has 1 saturated carbocycles. The zero-order valence-corrected chi connectivity index (χ0v) is 8.80. The van der Waals surface area contributed by atoms with Crippen molar-refractivity contribution in [3.63, 3.8) is 0 Å². The smallest absolute Gasteiger partial charge is 0.313 e. The SMILES string of the molecule is FC(F)(F)CCNC1CC1c1ccccc1. The van der Waals surface area contributed by atoms with Gasteiger partial charge in [0.05, 0.1) is 6.42 Å². The van der Waals surface area contributed by atoms with Crippen molar-refractivity contribution >= 4 is 0 Å². The minimum Gasteiger partial charge on any atom is -0.313 e. The van der Waals surface area contributed by atoms with Gasteiger partial charge in [0, 0.05) is 18.5 Å². The zero-order chi connectivity index (χ0) is 11.6. The van der Waals surface area contributed by atoms with E-state index in [4.69, 9.17) is 0 Å². The van der Waals surface area contributed by atoms with Gasteiger partial charge in [-0.15, -0.1) is 0 Å². The lowest BCUT2D eigenvalue weighted by Crippen LogP contribution is -2.24. The zero-order valence-electron chi connectivity index (χ0n) is 8.80. The topological polar surface area (TPSA) is 12.0 Å². The normalized spacial score (nSPS) is 24.4. The highest BCUT2D eigenvalue weighted by Gasteiger charge is 2.38. The third kappa shape index (κ3) is 3.23. The van der Waals surface area contributed by atoms with E-state index in [1.807, 2.05) is 30.3 Å². The molecule has 2 atom stereocenters. The van der Waals surface area contributed by atoms with E-state index in [2.05, 4.69) is 5.32 Å². The highest BCUT2D eigenvalue weighted by atomic mass is 19.4. The molecule has 2 unspecified atom stereocenters. The minimum absolute atomic E-state index is 0.0253. The molecular weight excluding hydrogens is 215 g/mol. The number of rotatable bonds is 4. The third-order valence-electron chi connectivity index (χ3n) is 2.83. The average Bonchev–Trinajstić information content (AvgIpc) is 2.97. The van der Waals surface area contributed by atoms with Crippen LogP contribution >= 0.6 is 0 Å². The number of alkyl halides is 3. The summed E-state index contributed by atoms with van der Waals surface area (Å²) in [4.78, 5) is 0. The quantitative estimate of drug-likeness (QED) is 0.836. The number of benzene rings is 1. The Morgan fingerprint density at radius 2 is 1.88 bits per heavy atom. The van der Waals surface area contributed by atoms with Gasteiger partial charge in [0.1, 0.15) is 0 Å². The van der Waals surface area contributed by atoms with E-state index in [1.54, 1.807) is 0 Å². The average molecular weight is 229 g/mol. The molecule has 1 fully saturated rings. The van der Waals surface area contributed by atoms with Crippen LogP contribution in [-0.2, 0) is 0 Å². The van der Waals surface area contributed by atoms with E-state index in [0.717, 1.165) is 6.42 Å². The summed E-state index contributed by atoms with van der Waals surface area (Å²) >= 11 is 0. The van der Waals surface area contributed by atoms with E-state index in [0.29, 0.717) is 5.92 Å². The monoisotopic (exact) mass is 229 g/mol. The summed E-state index contributed by atoms with van der Waals surface area (Å²) in [5.74, 6) is 0.398. The van der Waals surface area contributed by atoms with Crippen molar-refractivity contribution in [3.8, 4) is 0 Å². The highest BCUT2D eigenvalue weighted by molar-refractivity contribution is 5.27. The standard InChI is InChI=1S/C12H14F3N/c13-12(14,15)6-7-16-11-8-10(11)9-4-2-1-3-5-9/h1-5,10-11,16H,6-8H2. The van der Waals surface area contributed by atoms with Crippen molar-refractivity contribution in [2.75, 3.05) is 6.54 Å². The van der Waals surface area contributed by atoms with Gasteiger partial charge in [0.15, 0.2) is 0 Å². The number of halogens is 3. The molecule has 0 radical (unpaired) electrons. The van der Waals surface area contributed by atoms with Gasteiger partial charge < -0.3 is 5.32 Å². The first-order valence-electron chi connectivity index (χ1n) is 5.41. The van der Waals surface area contributed by atoms with Crippen molar-refractivity contribution < 1.29 is 13.2 Å². The van der Waals surface area contributed by atoms with Crippen LogP contribution in [0.25, 0.3) is 0 Å². The number of nitrogens with one attached hydrogen (secondary N) is 1. The van der Waals surface area contributed by atoms with Crippen LogP contribution in [-0.4, -0.2) is 18.8 Å². The molecule has 1 aliphatic carbocycles. The summed E-state index contributed by atoms with van der Waals surface area (Å²) in [6, 6.07) is 10.1. The predicted molar refractivity (Wildman–Crippen MR) is 56.3 cm³/mol. The van der Waals surface area contributed by atoms with E-state index in [1.165, 1.54) is 5.56 Å². The second kappa shape index (κ2) is 4.45. The van der Waals surface area contributed by atoms with Gasteiger partial charge in [0.25, 0.3) is 0 Å². The summed E-state index contributed by atoms with van der Waals surface area (Å²) in [5, 5.41) is 2.94. The lowest BCUT2D eigenvalue weighted by Gasteiger charge is -2.07. The van der Waals surface area contributed by atoms with Gasteiger partial charge in [-0.05, 0) is 12.0 Å². The van der Waals surface area contributed by atoms with E-state index in [9.17, 15) is 13.2 Å². The minimum atomic E-state index is -4.05. The van der Waals surface area contributed by atoms with Gasteiger partial charge >= 0.3 is 6.18 Å². The Labute approximate surface area is 92.7 Å². The molecule has 1 N–H and O–H groups in total. The first-order valence-corrected chi connectivity index (χ1v) is 5.41. The second-order valence-corrected chi connectivity index (χ2v) is 4.18. The summed E-state index contributed by atoms with van der Waals surface area (Å²) < 4.78 is 35.7. The van der Waals surface area contributed by atoms with Crippen LogP contribution in [0.2, 0.25) is 0 Å². The van der Waals surface area contributed by atoms with E-state index < -0.39 is 12.6 Å². The summed E-state index contributed by atoms with van der Waals surface area (Å²) in [6.45, 7) is 0.0253. The summed E-state index contributed by atoms with van der Waals surface area (Å²) in [5.41, 5.74) is 1.21. The second-order valence-electron chi connectivity index (χ2n) is 4.18. The number of hydrogen-bond acceptors (Lipinski definition) is 1. The fraction of sp³-hybridized carbons (Fsp3) is 0.500. The maximum Gasteiger partial charge on any atom is 0.390 e. The van der Waals surface area contributed by atoms with Crippen molar-refractivity contribution in [2.45, 2.75) is 31.0 Å². The van der Waals surface area contributed by atoms with Crippen LogP contribution in [0.15, 0.2) is 30.3 Å². The summed E-state index contributed by atoms with van der Waals surface area (Å²) in [7, 11) is 0. The largest absolute Gasteiger partial charge is 0.390 e. The van der Waals surface area contributed by atoms with Gasteiger partial charge in [-0.2, -0.15) is 13.2 Å². The Morgan fingerprint density at radius 1 is 1.19 bits per heavy atom. The molecule has 0 aliphatic heterocycles. The van der Waals surface area contributed by atoms with Crippen molar-refractivity contribution in [3.05, 3.63) is 35.9 Å². The molecule has 1 aromatic rings. The Hall–Kier alpha value is -1.03.